The number of hydrogen-bond donors (Lipinski definition) is 0. The molecule has 5 heteroatoms. The molecule has 1 heterocycles. The van der Waals surface area contributed by atoms with Gasteiger partial charge in [-0.15, -0.1) is 0 Å². The van der Waals surface area contributed by atoms with Crippen molar-refractivity contribution in [3.05, 3.63) is 41.0 Å². The maximum Gasteiger partial charge on any atom is 0.229 e. The van der Waals surface area contributed by atoms with Crippen LogP contribution in [0.1, 0.15) is 54.3 Å². The number of ether oxygens (including phenoxy) is 1. The van der Waals surface area contributed by atoms with Crippen molar-refractivity contribution >= 4 is 5.78 Å². The summed E-state index contributed by atoms with van der Waals surface area (Å²) in [7, 11) is 0. The SMILES string of the molecule is CC(=O)c1ccc(C)cc1OCc1noc(C(C)C)n1. The van der Waals surface area contributed by atoms with Gasteiger partial charge in [-0.05, 0) is 31.5 Å². The number of aromatic nitrogens is 2. The minimum Gasteiger partial charge on any atom is -0.485 e. The Kier molecular flexibility index (Phi) is 4.17. The molecule has 0 amide bonds. The molecule has 0 atom stereocenters. The van der Waals surface area contributed by atoms with Crippen LogP contribution in [-0.4, -0.2) is 15.9 Å². The molecule has 0 aliphatic rings. The number of Topliss-reactive ketones (excluding diaryl/α,β-unsaturated/α-hetero) is 1. The monoisotopic (exact) mass is 274 g/mol. The molecule has 0 N–H and O–H groups in total. The Morgan fingerprint density at radius 3 is 2.75 bits per heavy atom. The van der Waals surface area contributed by atoms with Gasteiger partial charge in [-0.25, -0.2) is 0 Å². The fraction of sp³-hybridized carbons (Fsp3) is 0.400. The molecular formula is C15H18N2O3. The van der Waals surface area contributed by atoms with Crippen molar-refractivity contribution in [1.29, 1.82) is 0 Å². The second-order valence-electron chi connectivity index (χ2n) is 5.05. The fourth-order valence-corrected chi connectivity index (χ4v) is 1.74. The highest BCUT2D eigenvalue weighted by molar-refractivity contribution is 5.96. The Bertz CT molecular complexity index is 617. The van der Waals surface area contributed by atoms with E-state index in [9.17, 15) is 4.79 Å². The fourth-order valence-electron chi connectivity index (χ4n) is 1.74. The molecule has 0 bridgehead atoms. The predicted octanol–water partition coefficient (Wildman–Crippen LogP) is 3.28. The lowest BCUT2D eigenvalue weighted by atomic mass is 10.1. The van der Waals surface area contributed by atoms with Gasteiger partial charge in [-0.3, -0.25) is 4.79 Å². The summed E-state index contributed by atoms with van der Waals surface area (Å²) in [6.45, 7) is 7.60. The van der Waals surface area contributed by atoms with Crippen LogP contribution in [0.3, 0.4) is 0 Å². The molecule has 106 valence electrons. The van der Waals surface area contributed by atoms with Crippen molar-refractivity contribution < 1.29 is 14.1 Å². The van der Waals surface area contributed by atoms with Gasteiger partial charge in [-0.2, -0.15) is 4.98 Å². The normalized spacial score (nSPS) is 10.8. The first kappa shape index (κ1) is 14.2. The third-order valence-corrected chi connectivity index (χ3v) is 2.85. The highest BCUT2D eigenvalue weighted by Gasteiger charge is 2.13. The van der Waals surface area contributed by atoms with E-state index in [1.54, 1.807) is 6.07 Å². The number of benzene rings is 1. The summed E-state index contributed by atoms with van der Waals surface area (Å²) in [6.07, 6.45) is 0. The van der Waals surface area contributed by atoms with Crippen LogP contribution in [0.5, 0.6) is 5.75 Å². The van der Waals surface area contributed by atoms with E-state index in [0.29, 0.717) is 23.0 Å². The summed E-state index contributed by atoms with van der Waals surface area (Å²) >= 11 is 0. The Morgan fingerprint density at radius 1 is 1.40 bits per heavy atom. The second-order valence-corrected chi connectivity index (χ2v) is 5.05. The van der Waals surface area contributed by atoms with Crippen molar-refractivity contribution in [2.45, 2.75) is 40.2 Å². The van der Waals surface area contributed by atoms with E-state index >= 15 is 0 Å². The largest absolute Gasteiger partial charge is 0.485 e. The molecule has 5 nitrogen and oxygen atoms in total. The van der Waals surface area contributed by atoms with Gasteiger partial charge in [0.1, 0.15) is 5.75 Å². The molecule has 2 aromatic rings. The van der Waals surface area contributed by atoms with Crippen molar-refractivity contribution in [1.82, 2.24) is 10.1 Å². The molecule has 0 spiro atoms. The van der Waals surface area contributed by atoms with Crippen LogP contribution in [0, 0.1) is 6.92 Å². The summed E-state index contributed by atoms with van der Waals surface area (Å²) < 4.78 is 10.8. The lowest BCUT2D eigenvalue weighted by molar-refractivity contribution is 0.101. The number of ketones is 1. The smallest absolute Gasteiger partial charge is 0.229 e. The second kappa shape index (κ2) is 5.86. The third kappa shape index (κ3) is 3.23. The highest BCUT2D eigenvalue weighted by atomic mass is 16.5. The summed E-state index contributed by atoms with van der Waals surface area (Å²) in [5.74, 6) is 1.76. The topological polar surface area (TPSA) is 65.2 Å². The van der Waals surface area contributed by atoms with E-state index in [1.165, 1.54) is 6.92 Å². The summed E-state index contributed by atoms with van der Waals surface area (Å²) in [5.41, 5.74) is 1.59. The quantitative estimate of drug-likeness (QED) is 0.783. The summed E-state index contributed by atoms with van der Waals surface area (Å²) in [6, 6.07) is 5.48. The number of rotatable bonds is 5. The van der Waals surface area contributed by atoms with Gasteiger partial charge in [0.15, 0.2) is 12.4 Å². The Balaban J connectivity index is 2.13. The molecule has 0 saturated carbocycles. The molecule has 20 heavy (non-hydrogen) atoms. The van der Waals surface area contributed by atoms with Crippen LogP contribution in [0.25, 0.3) is 0 Å². The molecule has 0 saturated heterocycles. The van der Waals surface area contributed by atoms with Gasteiger partial charge >= 0.3 is 0 Å². The van der Waals surface area contributed by atoms with E-state index < -0.39 is 0 Å². The van der Waals surface area contributed by atoms with E-state index in [-0.39, 0.29) is 18.3 Å². The molecule has 0 unspecified atom stereocenters. The number of carbonyl (C=O) groups excluding carboxylic acids is 1. The molecular weight excluding hydrogens is 256 g/mol. The number of hydrogen-bond acceptors (Lipinski definition) is 5. The molecule has 1 aromatic heterocycles. The first-order chi connectivity index (χ1) is 9.47. The maximum atomic E-state index is 11.6. The molecule has 2 rings (SSSR count). The van der Waals surface area contributed by atoms with Crippen molar-refractivity contribution in [2.24, 2.45) is 0 Å². The van der Waals surface area contributed by atoms with Crippen LogP contribution >= 0.6 is 0 Å². The van der Waals surface area contributed by atoms with Crippen LogP contribution in [0.15, 0.2) is 22.7 Å². The minimum absolute atomic E-state index is 0.0315. The molecule has 0 aliphatic heterocycles. The zero-order valence-electron chi connectivity index (χ0n) is 12.1. The Hall–Kier alpha value is -2.17. The van der Waals surface area contributed by atoms with Crippen LogP contribution in [0.4, 0.5) is 0 Å². The number of aryl methyl sites for hydroxylation is 1. The highest BCUT2D eigenvalue weighted by Crippen LogP contribution is 2.22. The molecule has 0 aliphatic carbocycles. The molecule has 0 radical (unpaired) electrons. The van der Waals surface area contributed by atoms with Crippen molar-refractivity contribution in [3.63, 3.8) is 0 Å². The maximum absolute atomic E-state index is 11.6. The van der Waals surface area contributed by atoms with Gasteiger partial charge in [0.25, 0.3) is 0 Å². The average molecular weight is 274 g/mol. The van der Waals surface area contributed by atoms with Gasteiger partial charge in [0.2, 0.25) is 11.7 Å². The summed E-state index contributed by atoms with van der Waals surface area (Å²) in [5, 5.41) is 3.85. The number of carbonyl (C=O) groups is 1. The molecule has 1 aromatic carbocycles. The Morgan fingerprint density at radius 2 is 2.15 bits per heavy atom. The first-order valence-electron chi connectivity index (χ1n) is 6.54. The van der Waals surface area contributed by atoms with Gasteiger partial charge < -0.3 is 9.26 Å². The molecule has 0 fully saturated rings. The van der Waals surface area contributed by atoms with Crippen LogP contribution in [-0.2, 0) is 6.61 Å². The minimum atomic E-state index is -0.0315. The Labute approximate surface area is 118 Å². The van der Waals surface area contributed by atoms with Gasteiger partial charge in [0, 0.05) is 5.92 Å². The lowest BCUT2D eigenvalue weighted by Gasteiger charge is -2.08. The van der Waals surface area contributed by atoms with Gasteiger partial charge in [0.05, 0.1) is 5.56 Å². The van der Waals surface area contributed by atoms with E-state index in [2.05, 4.69) is 10.1 Å². The van der Waals surface area contributed by atoms with E-state index in [4.69, 9.17) is 9.26 Å². The van der Waals surface area contributed by atoms with Crippen molar-refractivity contribution in [2.75, 3.05) is 0 Å². The predicted molar refractivity (Wildman–Crippen MR) is 73.9 cm³/mol. The lowest BCUT2D eigenvalue weighted by Crippen LogP contribution is -2.03. The zero-order chi connectivity index (χ0) is 14.7. The first-order valence-corrected chi connectivity index (χ1v) is 6.54. The van der Waals surface area contributed by atoms with Crippen molar-refractivity contribution in [3.8, 4) is 5.75 Å². The van der Waals surface area contributed by atoms with Crippen LogP contribution in [0.2, 0.25) is 0 Å². The van der Waals surface area contributed by atoms with Gasteiger partial charge in [-0.1, -0.05) is 25.1 Å². The zero-order valence-corrected chi connectivity index (χ0v) is 12.1. The third-order valence-electron chi connectivity index (χ3n) is 2.85. The van der Waals surface area contributed by atoms with E-state index in [1.807, 2.05) is 32.9 Å². The van der Waals surface area contributed by atoms with E-state index in [0.717, 1.165) is 5.56 Å². The number of nitrogens with zero attached hydrogens (tertiary/aromatic N) is 2. The average Bonchev–Trinajstić information content (AvgIpc) is 2.85. The summed E-state index contributed by atoms with van der Waals surface area (Å²) in [4.78, 5) is 15.8. The standard InChI is InChI=1S/C15H18N2O3/c1-9(2)15-16-14(17-20-15)8-19-13-7-10(3)5-6-12(13)11(4)18/h5-7,9H,8H2,1-4H3. The van der Waals surface area contributed by atoms with Crippen LogP contribution < -0.4 is 4.74 Å².